The van der Waals surface area contributed by atoms with Gasteiger partial charge in [-0.3, -0.25) is 9.59 Å². The zero-order chi connectivity index (χ0) is 21.7. The van der Waals surface area contributed by atoms with E-state index in [0.717, 1.165) is 0 Å². The Morgan fingerprint density at radius 3 is 2.30 bits per heavy atom. The van der Waals surface area contributed by atoms with Gasteiger partial charge in [0.15, 0.2) is 12.4 Å². The first-order chi connectivity index (χ1) is 14.3. The van der Waals surface area contributed by atoms with Gasteiger partial charge in [-0.05, 0) is 42.0 Å². The van der Waals surface area contributed by atoms with Crippen molar-refractivity contribution in [3.63, 3.8) is 0 Å². The van der Waals surface area contributed by atoms with Crippen LogP contribution in [-0.2, 0) is 30.7 Å². The number of esters is 1. The molecule has 0 atom stereocenters. The molecule has 0 amide bonds. The maximum absolute atomic E-state index is 12.6. The number of carbonyl (C=O) groups is 2. The number of ketones is 1. The molecule has 30 heavy (non-hydrogen) atoms. The molecule has 10 heteroatoms. The fourth-order valence-electron chi connectivity index (χ4n) is 2.85. The maximum atomic E-state index is 12.6. The van der Waals surface area contributed by atoms with E-state index < -0.39 is 28.4 Å². The number of rotatable bonds is 7. The lowest BCUT2D eigenvalue weighted by Crippen LogP contribution is -2.40. The van der Waals surface area contributed by atoms with Gasteiger partial charge in [-0.15, -0.1) is 0 Å². The first-order valence-electron chi connectivity index (χ1n) is 9.08. The van der Waals surface area contributed by atoms with Gasteiger partial charge in [-0.25, -0.2) is 8.42 Å². The number of hydrogen-bond donors (Lipinski definition) is 0. The van der Waals surface area contributed by atoms with Crippen LogP contribution in [0.3, 0.4) is 0 Å². The van der Waals surface area contributed by atoms with Crippen LogP contribution in [0.5, 0.6) is 0 Å². The molecule has 0 bridgehead atoms. The number of benzene rings is 2. The van der Waals surface area contributed by atoms with Crippen LogP contribution in [0.1, 0.15) is 15.9 Å². The highest BCUT2D eigenvalue weighted by Gasteiger charge is 2.26. The SMILES string of the molecule is O=C(Cc1ccc(Cl)c(Cl)c1)OCC(=O)c1ccc(S(=O)(=O)N2CCOCC2)cc1. The van der Waals surface area contributed by atoms with E-state index >= 15 is 0 Å². The quantitative estimate of drug-likeness (QED) is 0.455. The molecule has 160 valence electrons. The molecule has 2 aromatic carbocycles. The molecule has 0 saturated carbocycles. The zero-order valence-electron chi connectivity index (χ0n) is 15.8. The second-order valence-corrected chi connectivity index (χ2v) is 9.30. The minimum absolute atomic E-state index is 0.0547. The molecule has 1 fully saturated rings. The largest absolute Gasteiger partial charge is 0.457 e. The first kappa shape index (κ1) is 22.7. The van der Waals surface area contributed by atoms with Crippen molar-refractivity contribution < 1.29 is 27.5 Å². The number of carbonyl (C=O) groups excluding carboxylic acids is 2. The van der Waals surface area contributed by atoms with Crippen LogP contribution in [0.15, 0.2) is 47.4 Å². The Labute approximate surface area is 184 Å². The van der Waals surface area contributed by atoms with Crippen molar-refractivity contribution in [2.75, 3.05) is 32.9 Å². The second-order valence-electron chi connectivity index (χ2n) is 6.55. The van der Waals surface area contributed by atoms with Gasteiger partial charge in [0.25, 0.3) is 0 Å². The summed E-state index contributed by atoms with van der Waals surface area (Å²) in [6.45, 7) is 0.831. The highest BCUT2D eigenvalue weighted by atomic mass is 35.5. The first-order valence-corrected chi connectivity index (χ1v) is 11.3. The van der Waals surface area contributed by atoms with Crippen LogP contribution in [-0.4, -0.2) is 57.4 Å². The summed E-state index contributed by atoms with van der Waals surface area (Å²) in [6.07, 6.45) is -0.0547. The van der Waals surface area contributed by atoms with E-state index in [0.29, 0.717) is 28.8 Å². The summed E-state index contributed by atoms with van der Waals surface area (Å²) in [6, 6.07) is 10.3. The fourth-order valence-corrected chi connectivity index (χ4v) is 4.57. The molecule has 3 rings (SSSR count). The second kappa shape index (κ2) is 9.89. The molecular formula is C20H19Cl2NO6S. The predicted molar refractivity (Wildman–Crippen MR) is 111 cm³/mol. The van der Waals surface area contributed by atoms with Crippen LogP contribution < -0.4 is 0 Å². The van der Waals surface area contributed by atoms with E-state index in [1.807, 2.05) is 0 Å². The van der Waals surface area contributed by atoms with Crippen LogP contribution in [0.4, 0.5) is 0 Å². The fraction of sp³-hybridized carbons (Fsp3) is 0.300. The van der Waals surface area contributed by atoms with Gasteiger partial charge in [0.05, 0.1) is 34.6 Å². The van der Waals surface area contributed by atoms with Gasteiger partial charge in [-0.1, -0.05) is 29.3 Å². The molecule has 0 unspecified atom stereocenters. The number of nitrogens with zero attached hydrogens (tertiary/aromatic N) is 1. The van der Waals surface area contributed by atoms with Crippen LogP contribution in [0.2, 0.25) is 10.0 Å². The third-order valence-electron chi connectivity index (χ3n) is 4.48. The Morgan fingerprint density at radius 1 is 1.00 bits per heavy atom. The van der Waals surface area contributed by atoms with Crippen molar-refractivity contribution in [1.29, 1.82) is 0 Å². The van der Waals surface area contributed by atoms with E-state index in [2.05, 4.69) is 0 Å². The van der Waals surface area contributed by atoms with E-state index in [9.17, 15) is 18.0 Å². The monoisotopic (exact) mass is 471 g/mol. The summed E-state index contributed by atoms with van der Waals surface area (Å²) >= 11 is 11.7. The molecule has 1 aliphatic rings. The molecule has 0 N–H and O–H groups in total. The summed E-state index contributed by atoms with van der Waals surface area (Å²) in [7, 11) is -3.63. The van der Waals surface area contributed by atoms with Crippen molar-refractivity contribution in [3.8, 4) is 0 Å². The lowest BCUT2D eigenvalue weighted by Gasteiger charge is -2.26. The van der Waals surface area contributed by atoms with Crippen molar-refractivity contribution in [2.24, 2.45) is 0 Å². The molecule has 1 aliphatic heterocycles. The number of morpholine rings is 1. The molecule has 1 saturated heterocycles. The summed E-state index contributed by atoms with van der Waals surface area (Å²) < 4.78 is 36.7. The third kappa shape index (κ3) is 5.59. The van der Waals surface area contributed by atoms with Gasteiger partial charge in [0.1, 0.15) is 0 Å². The molecule has 7 nitrogen and oxygen atoms in total. The number of ether oxygens (including phenoxy) is 2. The van der Waals surface area contributed by atoms with Crippen molar-refractivity contribution in [1.82, 2.24) is 4.31 Å². The molecule has 0 spiro atoms. The lowest BCUT2D eigenvalue weighted by atomic mass is 10.1. The van der Waals surface area contributed by atoms with Gasteiger partial charge < -0.3 is 9.47 Å². The summed E-state index contributed by atoms with van der Waals surface area (Å²) in [5.74, 6) is -1.03. The van der Waals surface area contributed by atoms with Gasteiger partial charge in [0.2, 0.25) is 10.0 Å². The molecular weight excluding hydrogens is 453 g/mol. The van der Waals surface area contributed by atoms with Crippen LogP contribution >= 0.6 is 23.2 Å². The molecule has 0 aliphatic carbocycles. The van der Waals surface area contributed by atoms with Gasteiger partial charge in [-0.2, -0.15) is 4.31 Å². The Hall–Kier alpha value is -1.97. The molecule has 0 radical (unpaired) electrons. The molecule has 1 heterocycles. The van der Waals surface area contributed by atoms with E-state index in [1.54, 1.807) is 18.2 Å². The minimum atomic E-state index is -3.63. The highest BCUT2D eigenvalue weighted by molar-refractivity contribution is 7.89. The normalized spacial score (nSPS) is 15.0. The van der Waals surface area contributed by atoms with Crippen molar-refractivity contribution >= 4 is 45.0 Å². The topological polar surface area (TPSA) is 90.0 Å². The summed E-state index contributed by atoms with van der Waals surface area (Å²) in [5.41, 5.74) is 0.859. The Kier molecular flexibility index (Phi) is 7.49. The van der Waals surface area contributed by atoms with Crippen molar-refractivity contribution in [3.05, 3.63) is 63.6 Å². The number of hydrogen-bond acceptors (Lipinski definition) is 6. The van der Waals surface area contributed by atoms with Crippen LogP contribution in [0.25, 0.3) is 0 Å². The standard InChI is InChI=1S/C20H19Cl2NO6S/c21-17-6-1-14(11-18(17)22)12-20(25)29-13-19(24)15-2-4-16(5-3-15)30(26,27)23-7-9-28-10-8-23/h1-6,11H,7-10,12-13H2. The number of halogens is 2. The van der Waals surface area contributed by atoms with E-state index in [1.165, 1.54) is 28.6 Å². The number of sulfonamides is 1. The smallest absolute Gasteiger partial charge is 0.310 e. The van der Waals surface area contributed by atoms with Crippen molar-refractivity contribution in [2.45, 2.75) is 11.3 Å². The summed E-state index contributed by atoms with van der Waals surface area (Å²) in [5, 5.41) is 0.702. The average molecular weight is 472 g/mol. The maximum Gasteiger partial charge on any atom is 0.310 e. The Bertz CT molecular complexity index is 1030. The predicted octanol–water partition coefficient (Wildman–Crippen LogP) is 2.98. The minimum Gasteiger partial charge on any atom is -0.457 e. The van der Waals surface area contributed by atoms with Gasteiger partial charge in [0, 0.05) is 18.7 Å². The van der Waals surface area contributed by atoms with Crippen LogP contribution in [0, 0.1) is 0 Å². The lowest BCUT2D eigenvalue weighted by molar-refractivity contribution is -0.141. The van der Waals surface area contributed by atoms with E-state index in [-0.39, 0.29) is 30.0 Å². The molecule has 2 aromatic rings. The highest BCUT2D eigenvalue weighted by Crippen LogP contribution is 2.23. The molecule has 0 aromatic heterocycles. The van der Waals surface area contributed by atoms with Gasteiger partial charge >= 0.3 is 5.97 Å². The Morgan fingerprint density at radius 2 is 1.67 bits per heavy atom. The summed E-state index contributed by atoms with van der Waals surface area (Å²) in [4.78, 5) is 24.3. The van der Waals surface area contributed by atoms with E-state index in [4.69, 9.17) is 32.7 Å². The third-order valence-corrected chi connectivity index (χ3v) is 7.13. The Balaban J connectivity index is 1.56. The number of Topliss-reactive ketones (excluding diaryl/α,β-unsaturated/α-hetero) is 1. The average Bonchev–Trinajstić information content (AvgIpc) is 2.75. The zero-order valence-corrected chi connectivity index (χ0v) is 18.2.